The van der Waals surface area contributed by atoms with E-state index in [1.54, 1.807) is 17.4 Å². The molecule has 5 N–H and O–H groups in total. The van der Waals surface area contributed by atoms with E-state index < -0.39 is 0 Å². The van der Waals surface area contributed by atoms with Gasteiger partial charge < -0.3 is 5.73 Å². The topological polar surface area (TPSA) is 64.1 Å². The second-order valence-corrected chi connectivity index (χ2v) is 4.79. The smallest absolute Gasteiger partial charge is 0.123 e. The molecule has 1 aromatic heterocycles. The van der Waals surface area contributed by atoms with Crippen molar-refractivity contribution in [2.45, 2.75) is 13.0 Å². The number of hydrogen-bond acceptors (Lipinski definition) is 4. The number of nitrogens with one attached hydrogen (secondary N) is 1. The number of thiophene rings is 1. The Morgan fingerprint density at radius 2 is 2.12 bits per heavy atom. The molecule has 0 saturated carbocycles. The van der Waals surface area contributed by atoms with Gasteiger partial charge in [0, 0.05) is 16.1 Å². The summed E-state index contributed by atoms with van der Waals surface area (Å²) in [6, 6.07) is 6.04. The minimum atomic E-state index is -0.316. The molecule has 0 aliphatic rings. The Balaban J connectivity index is 2.49. The van der Waals surface area contributed by atoms with E-state index in [-0.39, 0.29) is 11.9 Å². The maximum Gasteiger partial charge on any atom is 0.123 e. The Morgan fingerprint density at radius 1 is 1.35 bits per heavy atom. The van der Waals surface area contributed by atoms with E-state index >= 15 is 0 Å². The molecule has 17 heavy (non-hydrogen) atoms. The highest BCUT2D eigenvalue weighted by Gasteiger charge is 2.18. The van der Waals surface area contributed by atoms with Crippen LogP contribution in [0.2, 0.25) is 0 Å². The third kappa shape index (κ3) is 2.31. The first-order valence-corrected chi connectivity index (χ1v) is 6.06. The molecule has 2 aromatic rings. The zero-order valence-electron chi connectivity index (χ0n) is 9.41. The molecule has 0 spiro atoms. The quantitative estimate of drug-likeness (QED) is 0.445. The van der Waals surface area contributed by atoms with Crippen LogP contribution in [0, 0.1) is 12.7 Å². The molecule has 0 fully saturated rings. The maximum absolute atomic E-state index is 13.3. The average Bonchev–Trinajstić information content (AvgIpc) is 2.71. The summed E-state index contributed by atoms with van der Waals surface area (Å²) in [5.74, 6) is 5.25. The van der Waals surface area contributed by atoms with Crippen molar-refractivity contribution in [3.05, 3.63) is 51.5 Å². The first kappa shape index (κ1) is 12.0. The van der Waals surface area contributed by atoms with Crippen LogP contribution in [-0.2, 0) is 0 Å². The van der Waals surface area contributed by atoms with E-state index in [2.05, 4.69) is 5.43 Å². The van der Waals surface area contributed by atoms with Crippen LogP contribution in [-0.4, -0.2) is 0 Å². The fourth-order valence-corrected chi connectivity index (χ4v) is 2.79. The standard InChI is InChI=1S/C12H14FN3S/c1-7-4-5-17-12(7)11(16-15)9-6-8(13)2-3-10(9)14/h2-6,11,16H,14-15H2,1H3. The maximum atomic E-state index is 13.3. The Kier molecular flexibility index (Phi) is 3.42. The molecule has 2 rings (SSSR count). The summed E-state index contributed by atoms with van der Waals surface area (Å²) in [5.41, 5.74) is 10.9. The molecule has 1 aromatic carbocycles. The lowest BCUT2D eigenvalue weighted by molar-refractivity contribution is 0.609. The van der Waals surface area contributed by atoms with Gasteiger partial charge in [-0.05, 0) is 42.1 Å². The molecule has 0 amide bonds. The molecule has 0 bridgehead atoms. The van der Waals surface area contributed by atoms with Gasteiger partial charge in [0.15, 0.2) is 0 Å². The molecule has 0 radical (unpaired) electrons. The van der Waals surface area contributed by atoms with Crippen molar-refractivity contribution in [3.63, 3.8) is 0 Å². The van der Waals surface area contributed by atoms with Gasteiger partial charge in [0.1, 0.15) is 5.82 Å². The number of hydrazine groups is 1. The van der Waals surface area contributed by atoms with Crippen molar-refractivity contribution in [3.8, 4) is 0 Å². The van der Waals surface area contributed by atoms with Gasteiger partial charge in [0.25, 0.3) is 0 Å². The number of aryl methyl sites for hydroxylation is 1. The van der Waals surface area contributed by atoms with Gasteiger partial charge >= 0.3 is 0 Å². The number of hydrogen-bond donors (Lipinski definition) is 3. The normalized spacial score (nSPS) is 12.6. The number of halogens is 1. The van der Waals surface area contributed by atoms with Crippen LogP contribution < -0.4 is 17.0 Å². The van der Waals surface area contributed by atoms with Crippen molar-refractivity contribution >= 4 is 17.0 Å². The summed E-state index contributed by atoms with van der Waals surface area (Å²) in [6.45, 7) is 1.99. The Hall–Kier alpha value is -1.43. The van der Waals surface area contributed by atoms with Crippen LogP contribution in [0.5, 0.6) is 0 Å². The Morgan fingerprint density at radius 3 is 2.71 bits per heavy atom. The molecule has 1 heterocycles. The third-order valence-electron chi connectivity index (χ3n) is 2.69. The molecule has 3 nitrogen and oxygen atoms in total. The lowest BCUT2D eigenvalue weighted by atomic mass is 10.0. The van der Waals surface area contributed by atoms with Gasteiger partial charge in [0.2, 0.25) is 0 Å². The summed E-state index contributed by atoms with van der Waals surface area (Å²) in [4.78, 5) is 1.05. The van der Waals surface area contributed by atoms with Crippen molar-refractivity contribution in [2.24, 2.45) is 5.84 Å². The van der Waals surface area contributed by atoms with Crippen LogP contribution in [0.1, 0.15) is 22.0 Å². The fraction of sp³-hybridized carbons (Fsp3) is 0.167. The first-order valence-electron chi connectivity index (χ1n) is 5.18. The minimum Gasteiger partial charge on any atom is -0.398 e. The predicted molar refractivity (Wildman–Crippen MR) is 69.0 cm³/mol. The first-order chi connectivity index (χ1) is 8.13. The fourth-order valence-electron chi connectivity index (χ4n) is 1.78. The van der Waals surface area contributed by atoms with E-state index in [1.807, 2.05) is 18.4 Å². The summed E-state index contributed by atoms with van der Waals surface area (Å²) >= 11 is 1.57. The molecule has 1 unspecified atom stereocenters. The zero-order valence-corrected chi connectivity index (χ0v) is 10.2. The zero-order chi connectivity index (χ0) is 12.4. The van der Waals surface area contributed by atoms with Crippen molar-refractivity contribution in [1.29, 1.82) is 0 Å². The molecular weight excluding hydrogens is 237 g/mol. The van der Waals surface area contributed by atoms with Gasteiger partial charge in [-0.1, -0.05) is 0 Å². The minimum absolute atomic E-state index is 0.273. The van der Waals surface area contributed by atoms with Gasteiger partial charge in [0.05, 0.1) is 6.04 Å². The number of rotatable bonds is 3. The number of anilines is 1. The number of benzene rings is 1. The van der Waals surface area contributed by atoms with Crippen LogP contribution in [0.25, 0.3) is 0 Å². The lowest BCUT2D eigenvalue weighted by Crippen LogP contribution is -2.29. The molecular formula is C12H14FN3S. The molecule has 5 heteroatoms. The molecule has 90 valence electrons. The Bertz CT molecular complexity index is 524. The largest absolute Gasteiger partial charge is 0.398 e. The van der Waals surface area contributed by atoms with Crippen LogP contribution in [0.4, 0.5) is 10.1 Å². The summed E-state index contributed by atoms with van der Waals surface area (Å²) in [5, 5.41) is 1.98. The van der Waals surface area contributed by atoms with Crippen molar-refractivity contribution in [1.82, 2.24) is 5.43 Å². The van der Waals surface area contributed by atoms with Gasteiger partial charge in [-0.3, -0.25) is 5.84 Å². The van der Waals surface area contributed by atoms with E-state index in [9.17, 15) is 4.39 Å². The number of nitrogen functional groups attached to an aromatic ring is 1. The second-order valence-electron chi connectivity index (χ2n) is 3.84. The van der Waals surface area contributed by atoms with Gasteiger partial charge in [-0.2, -0.15) is 0 Å². The van der Waals surface area contributed by atoms with E-state index in [0.29, 0.717) is 11.3 Å². The van der Waals surface area contributed by atoms with Crippen LogP contribution in [0.15, 0.2) is 29.6 Å². The summed E-state index contributed by atoms with van der Waals surface area (Å²) in [7, 11) is 0. The van der Waals surface area contributed by atoms with Crippen molar-refractivity contribution < 1.29 is 4.39 Å². The van der Waals surface area contributed by atoms with Crippen LogP contribution >= 0.6 is 11.3 Å². The molecule has 1 atom stereocenters. The van der Waals surface area contributed by atoms with Crippen molar-refractivity contribution in [2.75, 3.05) is 5.73 Å². The SMILES string of the molecule is Cc1ccsc1C(NN)c1cc(F)ccc1N. The highest BCUT2D eigenvalue weighted by Crippen LogP contribution is 2.32. The molecule has 0 saturated heterocycles. The third-order valence-corrected chi connectivity index (χ3v) is 3.77. The lowest BCUT2D eigenvalue weighted by Gasteiger charge is -2.18. The molecule has 0 aliphatic carbocycles. The monoisotopic (exact) mass is 251 g/mol. The predicted octanol–water partition coefficient (Wildman–Crippen LogP) is 2.33. The highest BCUT2D eigenvalue weighted by molar-refractivity contribution is 7.10. The van der Waals surface area contributed by atoms with E-state index in [1.165, 1.54) is 12.1 Å². The highest BCUT2D eigenvalue weighted by atomic mass is 32.1. The summed E-state index contributed by atoms with van der Waals surface area (Å²) in [6.07, 6.45) is 0. The second kappa shape index (κ2) is 4.83. The van der Waals surface area contributed by atoms with Gasteiger partial charge in [-0.15, -0.1) is 11.3 Å². The number of nitrogens with two attached hydrogens (primary N) is 2. The van der Waals surface area contributed by atoms with E-state index in [0.717, 1.165) is 10.4 Å². The average molecular weight is 251 g/mol. The van der Waals surface area contributed by atoms with E-state index in [4.69, 9.17) is 11.6 Å². The van der Waals surface area contributed by atoms with Gasteiger partial charge in [-0.25, -0.2) is 9.82 Å². The summed E-state index contributed by atoms with van der Waals surface area (Å²) < 4.78 is 13.3. The molecule has 0 aliphatic heterocycles. The Labute approximate surface area is 103 Å². The van der Waals surface area contributed by atoms with Crippen LogP contribution in [0.3, 0.4) is 0 Å².